The van der Waals surface area contributed by atoms with Crippen LogP contribution in [-0.4, -0.2) is 23.4 Å². The van der Waals surface area contributed by atoms with Crippen LogP contribution in [0, 0.1) is 11.3 Å². The highest BCUT2D eigenvalue weighted by Gasteiger charge is 2.39. The Hall–Kier alpha value is -0.590. The second kappa shape index (κ2) is 1.98. The number of ether oxygens (including phenoxy) is 1. The van der Waals surface area contributed by atoms with Crippen LogP contribution < -0.4 is 0 Å². The van der Waals surface area contributed by atoms with Crippen LogP contribution in [0.15, 0.2) is 0 Å². The lowest BCUT2D eigenvalue weighted by Crippen LogP contribution is -2.33. The second-order valence-electron chi connectivity index (χ2n) is 2.30. The van der Waals surface area contributed by atoms with Gasteiger partial charge in [0, 0.05) is 6.42 Å². The maximum atomic E-state index is 9.28. The Morgan fingerprint density at radius 1 is 1.89 bits per heavy atom. The molecule has 1 saturated heterocycles. The highest BCUT2D eigenvalue weighted by Crippen LogP contribution is 2.23. The van der Waals surface area contributed by atoms with Gasteiger partial charge in [0.15, 0.2) is 5.60 Å². The molecule has 0 unspecified atom stereocenters. The van der Waals surface area contributed by atoms with Crippen molar-refractivity contribution in [3.8, 4) is 6.07 Å². The van der Waals surface area contributed by atoms with Crippen LogP contribution in [0.3, 0.4) is 0 Å². The Bertz CT molecular complexity index is 152. The molecule has 50 valence electrons. The number of rotatable bonds is 0. The number of hydrogen-bond donors (Lipinski definition) is 1. The van der Waals surface area contributed by atoms with Gasteiger partial charge in [-0.1, -0.05) is 0 Å². The van der Waals surface area contributed by atoms with E-state index in [-0.39, 0.29) is 6.10 Å². The molecule has 0 aromatic carbocycles. The maximum absolute atomic E-state index is 9.28. The zero-order valence-electron chi connectivity index (χ0n) is 5.29. The predicted octanol–water partition coefficient (Wildman–Crippen LogP) is 0.0499. The van der Waals surface area contributed by atoms with Gasteiger partial charge in [0.2, 0.25) is 0 Å². The van der Waals surface area contributed by atoms with E-state index in [1.165, 1.54) is 0 Å². The molecule has 2 atom stereocenters. The van der Waals surface area contributed by atoms with Gasteiger partial charge in [-0.2, -0.15) is 5.26 Å². The molecule has 1 aliphatic rings. The molecule has 1 rings (SSSR count). The van der Waals surface area contributed by atoms with E-state index in [9.17, 15) is 5.11 Å². The third kappa shape index (κ3) is 0.913. The summed E-state index contributed by atoms with van der Waals surface area (Å²) in [6.07, 6.45) is 0.104. The molecule has 0 spiro atoms. The van der Waals surface area contributed by atoms with E-state index < -0.39 is 5.60 Å². The molecule has 3 heteroatoms. The Balaban J connectivity index is 2.70. The fourth-order valence-corrected chi connectivity index (χ4v) is 0.879. The van der Waals surface area contributed by atoms with E-state index in [0.717, 1.165) is 0 Å². The minimum absolute atomic E-state index is 0.331. The van der Waals surface area contributed by atoms with Gasteiger partial charge in [0.25, 0.3) is 0 Å². The van der Waals surface area contributed by atoms with Crippen molar-refractivity contribution in [1.82, 2.24) is 0 Å². The number of hydrogen-bond acceptors (Lipinski definition) is 3. The molecular formula is C6H9NO2. The second-order valence-corrected chi connectivity index (χ2v) is 2.30. The predicted molar refractivity (Wildman–Crippen MR) is 30.6 cm³/mol. The Kier molecular flexibility index (Phi) is 1.43. The Morgan fingerprint density at radius 3 is 2.78 bits per heavy atom. The van der Waals surface area contributed by atoms with Gasteiger partial charge in [-0.05, 0) is 6.92 Å². The van der Waals surface area contributed by atoms with Crippen LogP contribution in [0.25, 0.3) is 0 Å². The van der Waals surface area contributed by atoms with E-state index in [1.54, 1.807) is 6.92 Å². The minimum Gasteiger partial charge on any atom is -0.374 e. The molecule has 1 fully saturated rings. The fraction of sp³-hybridized carbons (Fsp3) is 0.833. The Labute approximate surface area is 53.9 Å². The molecule has 0 bridgehead atoms. The molecule has 0 aromatic rings. The van der Waals surface area contributed by atoms with Gasteiger partial charge in [-0.25, -0.2) is 0 Å². The summed E-state index contributed by atoms with van der Waals surface area (Å²) < 4.78 is 4.99. The third-order valence-electron chi connectivity index (χ3n) is 1.72. The first-order chi connectivity index (χ1) is 4.19. The van der Waals surface area contributed by atoms with Crippen molar-refractivity contribution < 1.29 is 9.84 Å². The number of aliphatic hydroxyl groups is 1. The van der Waals surface area contributed by atoms with Crippen molar-refractivity contribution in [2.45, 2.75) is 25.0 Å². The monoisotopic (exact) mass is 127 g/mol. The summed E-state index contributed by atoms with van der Waals surface area (Å²) >= 11 is 0. The topological polar surface area (TPSA) is 53.2 Å². The third-order valence-corrected chi connectivity index (χ3v) is 1.72. The summed E-state index contributed by atoms with van der Waals surface area (Å²) in [7, 11) is 0. The van der Waals surface area contributed by atoms with Crippen LogP contribution in [0.2, 0.25) is 0 Å². The quantitative estimate of drug-likeness (QED) is 0.468. The van der Waals surface area contributed by atoms with Crippen LogP contribution in [0.1, 0.15) is 13.3 Å². The largest absolute Gasteiger partial charge is 0.374 e. The van der Waals surface area contributed by atoms with E-state index >= 15 is 0 Å². The van der Waals surface area contributed by atoms with Crippen molar-refractivity contribution in [2.24, 2.45) is 0 Å². The van der Waals surface area contributed by atoms with Crippen molar-refractivity contribution in [1.29, 1.82) is 5.26 Å². The van der Waals surface area contributed by atoms with Gasteiger partial charge in [-0.15, -0.1) is 0 Å². The molecule has 9 heavy (non-hydrogen) atoms. The minimum atomic E-state index is -1.22. The summed E-state index contributed by atoms with van der Waals surface area (Å²) in [6.45, 7) is 2.20. The molecule has 0 radical (unpaired) electrons. The summed E-state index contributed by atoms with van der Waals surface area (Å²) in [5, 5.41) is 17.7. The van der Waals surface area contributed by atoms with E-state index in [4.69, 9.17) is 10.00 Å². The standard InChI is InChI=1S/C6H9NO2/c1-5-6(8,4-7)2-3-9-5/h5,8H,2-3H2,1H3/t5-,6-/m0/s1. The lowest BCUT2D eigenvalue weighted by molar-refractivity contribution is 0.0124. The molecule has 1 heterocycles. The highest BCUT2D eigenvalue weighted by molar-refractivity contribution is 5.06. The fourth-order valence-electron chi connectivity index (χ4n) is 0.879. The van der Waals surface area contributed by atoms with Crippen molar-refractivity contribution in [3.63, 3.8) is 0 Å². The maximum Gasteiger partial charge on any atom is 0.179 e. The summed E-state index contributed by atoms with van der Waals surface area (Å²) in [6, 6.07) is 1.82. The number of nitrogens with zero attached hydrogens (tertiary/aromatic N) is 1. The van der Waals surface area contributed by atoms with Gasteiger partial charge >= 0.3 is 0 Å². The van der Waals surface area contributed by atoms with Crippen molar-refractivity contribution >= 4 is 0 Å². The normalized spacial score (nSPS) is 42.6. The molecule has 1 N–H and O–H groups in total. The molecule has 0 aromatic heterocycles. The van der Waals surface area contributed by atoms with E-state index in [2.05, 4.69) is 0 Å². The average molecular weight is 127 g/mol. The molecule has 0 saturated carbocycles. The summed E-state index contributed by atoms with van der Waals surface area (Å²) in [4.78, 5) is 0. The highest BCUT2D eigenvalue weighted by atomic mass is 16.5. The average Bonchev–Trinajstić information content (AvgIpc) is 2.15. The van der Waals surface area contributed by atoms with E-state index in [1.807, 2.05) is 6.07 Å². The van der Waals surface area contributed by atoms with Gasteiger partial charge in [0.1, 0.15) is 6.07 Å². The van der Waals surface area contributed by atoms with Gasteiger partial charge < -0.3 is 9.84 Å². The molecule has 0 aliphatic carbocycles. The zero-order valence-corrected chi connectivity index (χ0v) is 5.29. The smallest absolute Gasteiger partial charge is 0.179 e. The van der Waals surface area contributed by atoms with Crippen molar-refractivity contribution in [2.75, 3.05) is 6.61 Å². The van der Waals surface area contributed by atoms with Crippen molar-refractivity contribution in [3.05, 3.63) is 0 Å². The van der Waals surface area contributed by atoms with Gasteiger partial charge in [0.05, 0.1) is 12.7 Å². The van der Waals surface area contributed by atoms with Crippen LogP contribution >= 0.6 is 0 Å². The van der Waals surface area contributed by atoms with Crippen LogP contribution in [-0.2, 0) is 4.74 Å². The molecule has 3 nitrogen and oxygen atoms in total. The first kappa shape index (κ1) is 6.53. The lowest BCUT2D eigenvalue weighted by atomic mass is 9.99. The molecule has 0 amide bonds. The van der Waals surface area contributed by atoms with Gasteiger partial charge in [-0.3, -0.25) is 0 Å². The SMILES string of the molecule is C[C@@H]1OCC[C@]1(O)C#N. The molecule has 1 aliphatic heterocycles. The summed E-state index contributed by atoms with van der Waals surface area (Å²) in [5.74, 6) is 0. The zero-order chi connectivity index (χ0) is 6.91. The van der Waals surface area contributed by atoms with Crippen LogP contribution in [0.4, 0.5) is 0 Å². The molecular weight excluding hydrogens is 118 g/mol. The van der Waals surface area contributed by atoms with Crippen LogP contribution in [0.5, 0.6) is 0 Å². The summed E-state index contributed by atoms with van der Waals surface area (Å²) in [5.41, 5.74) is -1.22. The first-order valence-electron chi connectivity index (χ1n) is 2.94. The Morgan fingerprint density at radius 2 is 2.56 bits per heavy atom. The first-order valence-corrected chi connectivity index (χ1v) is 2.94. The van der Waals surface area contributed by atoms with E-state index in [0.29, 0.717) is 13.0 Å². The lowest BCUT2D eigenvalue weighted by Gasteiger charge is -2.15. The number of nitriles is 1.